The van der Waals surface area contributed by atoms with Crippen molar-refractivity contribution in [2.45, 2.75) is 13.0 Å². The number of aryl methyl sites for hydroxylation is 1. The lowest BCUT2D eigenvalue weighted by Crippen LogP contribution is -2.36. The van der Waals surface area contributed by atoms with Gasteiger partial charge in [-0.25, -0.2) is 8.42 Å². The quantitative estimate of drug-likeness (QED) is 0.518. The number of oxazole rings is 1. The molecule has 0 unspecified atom stereocenters. The number of aromatic nitrogens is 1. The number of fused-ring (bicyclic) bond motifs is 1. The van der Waals surface area contributed by atoms with E-state index in [1.807, 2.05) is 59.2 Å². The molecular weight excluding hydrogens is 340 g/mol. The predicted molar refractivity (Wildman–Crippen MR) is 94.7 cm³/mol. The normalized spacial score (nSPS) is 12.0. The summed E-state index contributed by atoms with van der Waals surface area (Å²) in [6.07, 6.45) is 3.76. The van der Waals surface area contributed by atoms with Crippen LogP contribution in [0.1, 0.15) is 12.3 Å². The van der Waals surface area contributed by atoms with Crippen LogP contribution in [-0.4, -0.2) is 18.7 Å². The molecule has 6 nitrogen and oxygen atoms in total. The van der Waals surface area contributed by atoms with E-state index in [1.54, 1.807) is 12.3 Å². The summed E-state index contributed by atoms with van der Waals surface area (Å²) in [5.74, 6) is 0.179. The molecule has 0 saturated heterocycles. The first-order chi connectivity index (χ1) is 12.0. The Morgan fingerprint density at radius 2 is 1.80 bits per heavy atom. The van der Waals surface area contributed by atoms with Gasteiger partial charge in [-0.3, -0.25) is 0 Å². The second-order valence-corrected chi connectivity index (χ2v) is 7.04. The molecule has 0 atom stereocenters. The Morgan fingerprint density at radius 1 is 1.08 bits per heavy atom. The van der Waals surface area contributed by atoms with Crippen LogP contribution >= 0.6 is 0 Å². The van der Waals surface area contributed by atoms with Gasteiger partial charge >= 0.3 is 5.89 Å². The minimum atomic E-state index is -4.22. The molecule has 0 aliphatic heterocycles. The number of benzene rings is 2. The minimum Gasteiger partial charge on any atom is -0.748 e. The lowest BCUT2D eigenvalue weighted by molar-refractivity contribution is -0.677. The first-order valence-electron chi connectivity index (χ1n) is 7.86. The molecule has 0 spiro atoms. The maximum atomic E-state index is 10.8. The van der Waals surface area contributed by atoms with Crippen molar-refractivity contribution in [1.82, 2.24) is 0 Å². The molecule has 3 aromatic rings. The summed E-state index contributed by atoms with van der Waals surface area (Å²) in [5.41, 5.74) is 2.50. The molecule has 2 aromatic carbocycles. The molecule has 130 valence electrons. The van der Waals surface area contributed by atoms with Crippen molar-refractivity contribution in [3.8, 4) is 0 Å². The third-order valence-corrected chi connectivity index (χ3v) is 4.45. The van der Waals surface area contributed by atoms with E-state index in [1.165, 1.54) is 0 Å². The van der Waals surface area contributed by atoms with E-state index in [2.05, 4.69) is 5.32 Å². The number of hydrogen-bond acceptors (Lipinski definition) is 5. The molecule has 7 heteroatoms. The van der Waals surface area contributed by atoms with Gasteiger partial charge in [-0.05, 0) is 18.2 Å². The highest BCUT2D eigenvalue weighted by Gasteiger charge is 2.19. The van der Waals surface area contributed by atoms with Gasteiger partial charge in [0.1, 0.15) is 0 Å². The topological polar surface area (TPSA) is 86.2 Å². The first kappa shape index (κ1) is 17.2. The molecule has 1 N–H and O–H groups in total. The average Bonchev–Trinajstić information content (AvgIpc) is 2.93. The van der Waals surface area contributed by atoms with Crippen LogP contribution in [0.4, 0.5) is 5.69 Å². The monoisotopic (exact) mass is 358 g/mol. The molecule has 1 aromatic heterocycles. The fraction of sp³-hybridized carbons (Fsp3) is 0.167. The first-order valence-corrected chi connectivity index (χ1v) is 9.44. The van der Waals surface area contributed by atoms with E-state index in [0.717, 1.165) is 11.2 Å². The number of nitrogens with one attached hydrogen (secondary N) is 1. The summed E-state index contributed by atoms with van der Waals surface area (Å²) >= 11 is 0. The average molecular weight is 358 g/mol. The number of anilines is 1. The number of nitrogens with zero attached hydrogens (tertiary/aromatic N) is 1. The highest BCUT2D eigenvalue weighted by Crippen LogP contribution is 2.15. The van der Waals surface area contributed by atoms with Gasteiger partial charge in [-0.15, -0.1) is 0 Å². The molecular formula is C18H18N2O4S. The van der Waals surface area contributed by atoms with Gasteiger partial charge < -0.3 is 14.3 Å². The minimum absolute atomic E-state index is 0.229. The van der Waals surface area contributed by atoms with E-state index in [0.29, 0.717) is 18.0 Å². The van der Waals surface area contributed by atoms with E-state index >= 15 is 0 Å². The van der Waals surface area contributed by atoms with Gasteiger partial charge in [-0.1, -0.05) is 30.3 Å². The van der Waals surface area contributed by atoms with E-state index in [9.17, 15) is 13.0 Å². The molecule has 0 fully saturated rings. The summed E-state index contributed by atoms with van der Waals surface area (Å²) in [6.45, 7) is 0.378. The second-order valence-electron chi connectivity index (χ2n) is 5.52. The molecule has 0 radical (unpaired) electrons. The third-order valence-electron chi connectivity index (χ3n) is 3.66. The van der Waals surface area contributed by atoms with Gasteiger partial charge in [-0.2, -0.15) is 4.57 Å². The maximum absolute atomic E-state index is 10.8. The molecule has 25 heavy (non-hydrogen) atoms. The molecule has 0 amide bonds. The summed E-state index contributed by atoms with van der Waals surface area (Å²) in [6, 6.07) is 17.2. The highest BCUT2D eigenvalue weighted by molar-refractivity contribution is 7.85. The van der Waals surface area contributed by atoms with Crippen molar-refractivity contribution in [3.63, 3.8) is 0 Å². The smallest absolute Gasteiger partial charge is 0.375 e. The van der Waals surface area contributed by atoms with Crippen molar-refractivity contribution in [2.75, 3.05) is 11.1 Å². The number of hydrogen-bond donors (Lipinski definition) is 1. The number of para-hydroxylation sites is 3. The molecule has 0 aliphatic rings. The molecule has 0 aliphatic carbocycles. The molecule has 3 rings (SSSR count). The Morgan fingerprint density at radius 3 is 2.56 bits per heavy atom. The zero-order chi connectivity index (χ0) is 17.7. The largest absolute Gasteiger partial charge is 0.748 e. The van der Waals surface area contributed by atoms with Crippen LogP contribution in [0.5, 0.6) is 0 Å². The van der Waals surface area contributed by atoms with Gasteiger partial charge in [0.05, 0.1) is 16.2 Å². The maximum Gasteiger partial charge on any atom is 0.375 e. The third kappa shape index (κ3) is 4.68. The van der Waals surface area contributed by atoms with Gasteiger partial charge in [0.2, 0.25) is 5.58 Å². The van der Waals surface area contributed by atoms with Crippen LogP contribution in [0.3, 0.4) is 0 Å². The van der Waals surface area contributed by atoms with Crippen LogP contribution in [0, 0.1) is 0 Å². The lowest BCUT2D eigenvalue weighted by atomic mass is 10.3. The van der Waals surface area contributed by atoms with E-state index < -0.39 is 15.9 Å². The fourth-order valence-electron chi connectivity index (χ4n) is 2.55. The zero-order valence-electron chi connectivity index (χ0n) is 13.5. The Hall–Kier alpha value is -2.64. The molecule has 0 saturated carbocycles. The zero-order valence-corrected chi connectivity index (χ0v) is 14.3. The lowest BCUT2D eigenvalue weighted by Gasteiger charge is -2.03. The Labute approximate surface area is 146 Å². The van der Waals surface area contributed by atoms with Crippen molar-refractivity contribution < 1.29 is 22.0 Å². The Kier molecular flexibility index (Phi) is 5.16. The van der Waals surface area contributed by atoms with Crippen molar-refractivity contribution in [2.24, 2.45) is 0 Å². The van der Waals surface area contributed by atoms with E-state index in [4.69, 9.17) is 4.42 Å². The molecule has 1 heterocycles. The standard InChI is InChI=1S/C18H18N2O4S/c21-25(22,23)14-6-13-20-16-9-4-5-10-17(16)24-18(20)11-12-19-15-7-2-1-3-8-15/h1-5,7-12H,6,13-14H2,(H,21,22,23). The second kappa shape index (κ2) is 7.50. The van der Waals surface area contributed by atoms with Crippen LogP contribution in [0.15, 0.2) is 65.2 Å². The molecule has 0 bridgehead atoms. The Balaban J connectivity index is 1.82. The summed E-state index contributed by atoms with van der Waals surface area (Å²) < 4.78 is 40.2. The highest BCUT2D eigenvalue weighted by atomic mass is 32.2. The van der Waals surface area contributed by atoms with Gasteiger partial charge in [0, 0.05) is 30.1 Å². The summed E-state index contributed by atoms with van der Waals surface area (Å²) in [4.78, 5) is 0. The van der Waals surface area contributed by atoms with Crippen LogP contribution in [0.25, 0.3) is 17.2 Å². The van der Waals surface area contributed by atoms with Crippen molar-refractivity contribution >= 4 is 33.0 Å². The van der Waals surface area contributed by atoms with E-state index in [-0.39, 0.29) is 6.42 Å². The van der Waals surface area contributed by atoms with Crippen molar-refractivity contribution in [3.05, 3.63) is 66.7 Å². The van der Waals surface area contributed by atoms with Crippen LogP contribution in [0.2, 0.25) is 0 Å². The summed E-state index contributed by atoms with van der Waals surface area (Å²) in [5, 5.41) is 3.15. The number of rotatable bonds is 7. The van der Waals surface area contributed by atoms with Crippen molar-refractivity contribution in [1.29, 1.82) is 0 Å². The van der Waals surface area contributed by atoms with Gasteiger partial charge in [0.15, 0.2) is 6.54 Å². The Bertz CT molecular complexity index is 979. The van der Waals surface area contributed by atoms with Crippen LogP contribution in [-0.2, 0) is 16.7 Å². The summed E-state index contributed by atoms with van der Waals surface area (Å²) in [7, 11) is -4.22. The predicted octanol–water partition coefficient (Wildman–Crippen LogP) is 2.74. The van der Waals surface area contributed by atoms with Crippen LogP contribution < -0.4 is 9.88 Å². The fourth-order valence-corrected chi connectivity index (χ4v) is 3.03. The van der Waals surface area contributed by atoms with Gasteiger partial charge in [0.25, 0.3) is 5.52 Å². The SMILES string of the molecule is O=S(=O)([O-])CCC[n+]1c(/C=C/Nc2ccccc2)oc2ccccc21.